The molecule has 0 aliphatic carbocycles. The molecule has 96 valence electrons. The summed E-state index contributed by atoms with van der Waals surface area (Å²) in [7, 11) is 0. The van der Waals surface area contributed by atoms with Gasteiger partial charge in [-0.1, -0.05) is 58.5 Å². The molecule has 0 saturated carbocycles. The average molecular weight is 334 g/mol. The quantitative estimate of drug-likeness (QED) is 0.657. The molecule has 1 atom stereocenters. The molecule has 0 radical (unpaired) electrons. The van der Waals surface area contributed by atoms with Crippen molar-refractivity contribution in [1.29, 1.82) is 0 Å². The summed E-state index contributed by atoms with van der Waals surface area (Å²) in [6, 6.07) is 12.2. The zero-order chi connectivity index (χ0) is 13.2. The fourth-order valence-electron chi connectivity index (χ4n) is 1.82. The molecule has 0 aliphatic heterocycles. The number of pyridine rings is 1. The summed E-state index contributed by atoms with van der Waals surface area (Å²) < 4.78 is 0. The molecular formula is C14H12BrN3S. The van der Waals surface area contributed by atoms with Gasteiger partial charge in [0, 0.05) is 5.39 Å². The largest absolute Gasteiger partial charge is 0.245 e. The van der Waals surface area contributed by atoms with E-state index in [2.05, 4.69) is 50.2 Å². The molecule has 0 saturated heterocycles. The summed E-state index contributed by atoms with van der Waals surface area (Å²) in [6.07, 6.45) is 1.000. The lowest BCUT2D eigenvalue weighted by Gasteiger charge is -1.99. The second-order valence-electron chi connectivity index (χ2n) is 4.21. The van der Waals surface area contributed by atoms with E-state index in [0.29, 0.717) is 0 Å². The number of aromatic nitrogens is 3. The first-order valence-electron chi connectivity index (χ1n) is 6.11. The predicted octanol–water partition coefficient (Wildman–Crippen LogP) is 4.60. The van der Waals surface area contributed by atoms with Gasteiger partial charge in [0.25, 0.3) is 0 Å². The molecule has 0 spiro atoms. The van der Waals surface area contributed by atoms with Crippen molar-refractivity contribution in [3.05, 3.63) is 41.4 Å². The van der Waals surface area contributed by atoms with Gasteiger partial charge in [-0.15, -0.1) is 10.2 Å². The average Bonchev–Trinajstić information content (AvgIpc) is 2.95. The van der Waals surface area contributed by atoms with Crippen LogP contribution in [0.3, 0.4) is 0 Å². The van der Waals surface area contributed by atoms with E-state index in [4.69, 9.17) is 0 Å². The zero-order valence-corrected chi connectivity index (χ0v) is 12.8. The first-order chi connectivity index (χ1) is 9.28. The third kappa shape index (κ3) is 2.53. The van der Waals surface area contributed by atoms with Gasteiger partial charge in [0.1, 0.15) is 10.7 Å². The predicted molar refractivity (Wildman–Crippen MR) is 82.6 cm³/mol. The van der Waals surface area contributed by atoms with E-state index in [1.54, 1.807) is 11.3 Å². The molecule has 0 N–H and O–H groups in total. The number of halogens is 1. The fourth-order valence-corrected chi connectivity index (χ4v) is 3.07. The van der Waals surface area contributed by atoms with E-state index in [0.717, 1.165) is 33.0 Å². The van der Waals surface area contributed by atoms with Crippen LogP contribution in [0.2, 0.25) is 0 Å². The molecule has 3 aromatic rings. The Morgan fingerprint density at radius 2 is 2.00 bits per heavy atom. The number of benzene rings is 1. The van der Waals surface area contributed by atoms with Gasteiger partial charge in [0.2, 0.25) is 0 Å². The van der Waals surface area contributed by atoms with Crippen LogP contribution in [0.25, 0.3) is 21.6 Å². The topological polar surface area (TPSA) is 38.7 Å². The van der Waals surface area contributed by atoms with Gasteiger partial charge in [-0.05, 0) is 18.6 Å². The lowest BCUT2D eigenvalue weighted by Crippen LogP contribution is -1.85. The van der Waals surface area contributed by atoms with E-state index < -0.39 is 0 Å². The third-order valence-electron chi connectivity index (χ3n) is 2.88. The molecular weight excluding hydrogens is 322 g/mol. The van der Waals surface area contributed by atoms with Gasteiger partial charge >= 0.3 is 0 Å². The molecule has 0 aliphatic rings. The lowest BCUT2D eigenvalue weighted by molar-refractivity contribution is 0.870. The zero-order valence-electron chi connectivity index (χ0n) is 10.4. The molecule has 19 heavy (non-hydrogen) atoms. The van der Waals surface area contributed by atoms with Crippen molar-refractivity contribution < 1.29 is 0 Å². The maximum Gasteiger partial charge on any atom is 0.166 e. The summed E-state index contributed by atoms with van der Waals surface area (Å²) in [6.45, 7) is 2.12. The summed E-state index contributed by atoms with van der Waals surface area (Å²) in [4.78, 5) is 4.91. The van der Waals surface area contributed by atoms with Crippen LogP contribution in [0, 0.1) is 0 Å². The number of alkyl halides is 1. The molecule has 2 aromatic heterocycles. The van der Waals surface area contributed by atoms with Crippen molar-refractivity contribution >= 4 is 38.2 Å². The van der Waals surface area contributed by atoms with Crippen LogP contribution in [0.1, 0.15) is 23.2 Å². The number of nitrogens with zero attached hydrogens (tertiary/aromatic N) is 3. The van der Waals surface area contributed by atoms with Crippen LogP contribution < -0.4 is 0 Å². The second-order valence-corrected chi connectivity index (χ2v) is 6.32. The SMILES string of the molecule is CCC(Br)c1nnc(-c2ccc3ccccc3n2)s1. The highest BCUT2D eigenvalue weighted by Crippen LogP contribution is 2.32. The van der Waals surface area contributed by atoms with Crippen molar-refractivity contribution in [2.24, 2.45) is 0 Å². The molecule has 1 unspecified atom stereocenters. The highest BCUT2D eigenvalue weighted by molar-refractivity contribution is 9.09. The van der Waals surface area contributed by atoms with Crippen molar-refractivity contribution in [3.63, 3.8) is 0 Å². The summed E-state index contributed by atoms with van der Waals surface area (Å²) in [5.41, 5.74) is 1.88. The Labute approximate surface area is 123 Å². The smallest absolute Gasteiger partial charge is 0.166 e. The Balaban J connectivity index is 2.01. The Hall–Kier alpha value is -1.33. The van der Waals surface area contributed by atoms with Crippen molar-refractivity contribution in [1.82, 2.24) is 15.2 Å². The third-order valence-corrected chi connectivity index (χ3v) is 5.33. The van der Waals surface area contributed by atoms with Gasteiger partial charge in [-0.3, -0.25) is 0 Å². The minimum atomic E-state index is 0.277. The molecule has 2 heterocycles. The Morgan fingerprint density at radius 1 is 1.16 bits per heavy atom. The summed E-state index contributed by atoms with van der Waals surface area (Å²) in [5.74, 6) is 0. The Kier molecular flexibility index (Phi) is 3.57. The van der Waals surface area contributed by atoms with Crippen molar-refractivity contribution in [2.75, 3.05) is 0 Å². The summed E-state index contributed by atoms with van der Waals surface area (Å²) >= 11 is 5.19. The van der Waals surface area contributed by atoms with Gasteiger partial charge in [-0.2, -0.15) is 0 Å². The van der Waals surface area contributed by atoms with E-state index >= 15 is 0 Å². The van der Waals surface area contributed by atoms with E-state index in [1.165, 1.54) is 0 Å². The number of hydrogen-bond donors (Lipinski definition) is 0. The number of hydrogen-bond acceptors (Lipinski definition) is 4. The monoisotopic (exact) mass is 333 g/mol. The molecule has 0 fully saturated rings. The highest BCUT2D eigenvalue weighted by atomic mass is 79.9. The molecule has 0 amide bonds. The van der Waals surface area contributed by atoms with E-state index in [-0.39, 0.29) is 4.83 Å². The first kappa shape index (κ1) is 12.7. The first-order valence-corrected chi connectivity index (χ1v) is 7.85. The summed E-state index contributed by atoms with van der Waals surface area (Å²) in [5, 5.41) is 11.5. The molecule has 1 aromatic carbocycles. The van der Waals surface area contributed by atoms with Gasteiger partial charge in [-0.25, -0.2) is 4.98 Å². The maximum atomic E-state index is 4.64. The lowest BCUT2D eigenvalue weighted by atomic mass is 10.2. The number of fused-ring (bicyclic) bond motifs is 1. The van der Waals surface area contributed by atoms with Crippen molar-refractivity contribution in [3.8, 4) is 10.7 Å². The minimum absolute atomic E-state index is 0.277. The maximum absolute atomic E-state index is 4.64. The molecule has 3 rings (SSSR count). The molecule has 0 bridgehead atoms. The van der Waals surface area contributed by atoms with Crippen molar-refractivity contribution in [2.45, 2.75) is 18.2 Å². The van der Waals surface area contributed by atoms with Crippen LogP contribution in [0.15, 0.2) is 36.4 Å². The highest BCUT2D eigenvalue weighted by Gasteiger charge is 2.13. The Morgan fingerprint density at radius 3 is 2.84 bits per heavy atom. The second kappa shape index (κ2) is 5.35. The van der Waals surface area contributed by atoms with Crippen LogP contribution >= 0.6 is 27.3 Å². The Bertz CT molecular complexity index is 710. The fraction of sp³-hybridized carbons (Fsp3) is 0.214. The standard InChI is InChI=1S/C14H12BrN3S/c1-2-10(15)13-17-18-14(19-13)12-8-7-9-5-3-4-6-11(9)16-12/h3-8,10H,2H2,1H3. The van der Waals surface area contributed by atoms with E-state index in [9.17, 15) is 0 Å². The van der Waals surface area contributed by atoms with Crippen LogP contribution in [-0.2, 0) is 0 Å². The van der Waals surface area contributed by atoms with Crippen LogP contribution in [0.4, 0.5) is 0 Å². The van der Waals surface area contributed by atoms with Gasteiger partial charge < -0.3 is 0 Å². The van der Waals surface area contributed by atoms with Crippen LogP contribution in [-0.4, -0.2) is 15.2 Å². The number of rotatable bonds is 3. The van der Waals surface area contributed by atoms with Crippen LogP contribution in [0.5, 0.6) is 0 Å². The molecule has 3 nitrogen and oxygen atoms in total. The minimum Gasteiger partial charge on any atom is -0.245 e. The molecule has 5 heteroatoms. The van der Waals surface area contributed by atoms with Gasteiger partial charge in [0.15, 0.2) is 5.01 Å². The normalized spacial score (nSPS) is 12.7. The van der Waals surface area contributed by atoms with E-state index in [1.807, 2.05) is 24.3 Å². The van der Waals surface area contributed by atoms with Gasteiger partial charge in [0.05, 0.1) is 10.3 Å². The number of para-hydroxylation sites is 1.